The van der Waals surface area contributed by atoms with Crippen LogP contribution in [0.2, 0.25) is 20.1 Å². The zero-order valence-corrected chi connectivity index (χ0v) is 21.6. The first-order valence-corrected chi connectivity index (χ1v) is 13.6. The molecule has 0 amide bonds. The van der Waals surface area contributed by atoms with Crippen molar-refractivity contribution in [1.29, 1.82) is 0 Å². The average molecular weight is 551 g/mol. The molecule has 4 rings (SSSR count). The van der Waals surface area contributed by atoms with Crippen molar-refractivity contribution in [3.8, 4) is 0 Å². The molecule has 0 atom stereocenters. The van der Waals surface area contributed by atoms with E-state index in [1.54, 1.807) is 24.3 Å². The van der Waals surface area contributed by atoms with Crippen LogP contribution in [0, 0.1) is 6.92 Å². The Balaban J connectivity index is 1.43. The van der Waals surface area contributed by atoms with Crippen molar-refractivity contribution in [2.45, 2.75) is 18.2 Å². The van der Waals surface area contributed by atoms with Crippen LogP contribution in [0.1, 0.15) is 16.8 Å². The van der Waals surface area contributed by atoms with Crippen LogP contribution in [-0.2, 0) is 16.4 Å². The first-order valence-electron chi connectivity index (χ1n) is 9.74. The quantitative estimate of drug-likeness (QED) is 0.381. The number of piperazine rings is 1. The zero-order chi connectivity index (χ0) is 23.0. The van der Waals surface area contributed by atoms with Crippen molar-refractivity contribution in [2.24, 2.45) is 0 Å². The largest absolute Gasteiger partial charge is 0.345 e. The molecule has 3 aromatic rings. The Morgan fingerprint density at radius 1 is 0.938 bits per heavy atom. The van der Waals surface area contributed by atoms with Crippen molar-refractivity contribution in [3.05, 3.63) is 72.6 Å². The molecule has 32 heavy (non-hydrogen) atoms. The zero-order valence-electron chi connectivity index (χ0n) is 17.0. The predicted octanol–water partition coefficient (Wildman–Crippen LogP) is 6.17. The third kappa shape index (κ3) is 5.04. The maximum atomic E-state index is 13.1. The van der Waals surface area contributed by atoms with Crippen molar-refractivity contribution >= 4 is 72.9 Å². The van der Waals surface area contributed by atoms with E-state index >= 15 is 0 Å². The highest BCUT2D eigenvalue weighted by molar-refractivity contribution is 7.89. The van der Waals surface area contributed by atoms with Gasteiger partial charge in [0.15, 0.2) is 5.13 Å². The summed E-state index contributed by atoms with van der Waals surface area (Å²) in [6.07, 6.45) is 0.649. The van der Waals surface area contributed by atoms with Crippen LogP contribution in [0.3, 0.4) is 0 Å². The molecule has 0 radical (unpaired) electrons. The molecule has 1 fully saturated rings. The highest BCUT2D eigenvalue weighted by atomic mass is 35.5. The number of nitrogens with zero attached hydrogens (tertiary/aromatic N) is 3. The topological polar surface area (TPSA) is 53.5 Å². The van der Waals surface area contributed by atoms with E-state index in [0.717, 1.165) is 16.4 Å². The molecule has 0 aliphatic carbocycles. The third-order valence-electron chi connectivity index (χ3n) is 5.25. The summed E-state index contributed by atoms with van der Waals surface area (Å²) in [6, 6.07) is 8.56. The molecule has 5 nitrogen and oxygen atoms in total. The van der Waals surface area contributed by atoms with Crippen LogP contribution in [-0.4, -0.2) is 43.9 Å². The minimum absolute atomic E-state index is 0.0904. The minimum atomic E-state index is -3.70. The maximum absolute atomic E-state index is 13.1. The molecule has 0 spiro atoms. The number of halogens is 4. The summed E-state index contributed by atoms with van der Waals surface area (Å²) in [7, 11) is -3.70. The highest BCUT2D eigenvalue weighted by Crippen LogP contribution is 2.32. The lowest BCUT2D eigenvalue weighted by atomic mass is 10.1. The first-order chi connectivity index (χ1) is 15.1. The molecule has 11 heteroatoms. The van der Waals surface area contributed by atoms with Crippen LogP contribution in [0.25, 0.3) is 0 Å². The van der Waals surface area contributed by atoms with Crippen LogP contribution in [0.4, 0.5) is 5.13 Å². The molecule has 2 heterocycles. The summed E-state index contributed by atoms with van der Waals surface area (Å²) >= 11 is 25.9. The fraction of sp³-hybridized carbons (Fsp3) is 0.286. The summed E-state index contributed by atoms with van der Waals surface area (Å²) in [4.78, 5) is 6.92. The molecule has 1 aliphatic heterocycles. The van der Waals surface area contributed by atoms with Crippen molar-refractivity contribution in [1.82, 2.24) is 9.29 Å². The van der Waals surface area contributed by atoms with Gasteiger partial charge in [-0.05, 0) is 42.3 Å². The van der Waals surface area contributed by atoms with E-state index in [2.05, 4.69) is 4.90 Å². The Morgan fingerprint density at radius 3 is 2.34 bits per heavy atom. The maximum Gasteiger partial charge on any atom is 0.244 e. The summed E-state index contributed by atoms with van der Waals surface area (Å²) in [5.41, 5.74) is 2.63. The lowest BCUT2D eigenvalue weighted by Gasteiger charge is -2.34. The highest BCUT2D eigenvalue weighted by Gasteiger charge is 2.31. The molecule has 1 saturated heterocycles. The van der Waals surface area contributed by atoms with Crippen molar-refractivity contribution in [3.63, 3.8) is 0 Å². The second kappa shape index (κ2) is 9.66. The van der Waals surface area contributed by atoms with E-state index in [0.29, 0.717) is 53.2 Å². The number of benzene rings is 2. The number of rotatable bonds is 5. The Kier molecular flexibility index (Phi) is 7.27. The molecular formula is C21H19Cl4N3O2S2. The molecule has 0 unspecified atom stereocenters. The Labute approximate surface area is 211 Å². The number of hydrogen-bond acceptors (Lipinski definition) is 5. The van der Waals surface area contributed by atoms with Gasteiger partial charge in [0.25, 0.3) is 0 Å². The van der Waals surface area contributed by atoms with Crippen molar-refractivity contribution < 1.29 is 8.42 Å². The molecule has 0 N–H and O–H groups in total. The number of aryl methyl sites for hydroxylation is 1. The molecular weight excluding hydrogens is 532 g/mol. The van der Waals surface area contributed by atoms with Gasteiger partial charge in [-0.2, -0.15) is 4.31 Å². The molecule has 0 saturated carbocycles. The number of aromatic nitrogens is 1. The number of thiazole rings is 1. The Hall–Kier alpha value is -1.06. The lowest BCUT2D eigenvalue weighted by Crippen LogP contribution is -2.48. The SMILES string of the molecule is Cc1cc(S(=O)(=O)N2CCN(c3nc(Cc4ccc(Cl)c(Cl)c4)cs3)CC2)c(Cl)cc1Cl. The molecule has 2 aromatic carbocycles. The van der Waals surface area contributed by atoms with E-state index in [4.69, 9.17) is 51.4 Å². The van der Waals surface area contributed by atoms with Gasteiger partial charge >= 0.3 is 0 Å². The van der Waals surface area contributed by atoms with E-state index < -0.39 is 10.0 Å². The number of hydrogen-bond donors (Lipinski definition) is 0. The van der Waals surface area contributed by atoms with Gasteiger partial charge in [-0.3, -0.25) is 0 Å². The minimum Gasteiger partial charge on any atom is -0.345 e. The molecule has 1 aliphatic rings. The summed E-state index contributed by atoms with van der Waals surface area (Å²) in [6.45, 7) is 3.55. The van der Waals surface area contributed by atoms with Gasteiger partial charge in [0.05, 0.1) is 20.8 Å². The average Bonchev–Trinajstić information content (AvgIpc) is 3.22. The van der Waals surface area contributed by atoms with E-state index in [1.165, 1.54) is 16.4 Å². The fourth-order valence-corrected chi connectivity index (χ4v) is 6.90. The summed E-state index contributed by atoms with van der Waals surface area (Å²) in [5.74, 6) is 0. The van der Waals surface area contributed by atoms with E-state index in [9.17, 15) is 8.42 Å². The van der Waals surface area contributed by atoms with E-state index in [1.807, 2.05) is 17.5 Å². The Morgan fingerprint density at radius 2 is 1.66 bits per heavy atom. The van der Waals surface area contributed by atoms with Gasteiger partial charge in [0.1, 0.15) is 4.90 Å². The normalized spacial score (nSPS) is 15.3. The van der Waals surface area contributed by atoms with Gasteiger partial charge in [0, 0.05) is 43.0 Å². The van der Waals surface area contributed by atoms with Crippen molar-refractivity contribution in [2.75, 3.05) is 31.1 Å². The third-order valence-corrected chi connectivity index (χ3v) is 9.71. The summed E-state index contributed by atoms with van der Waals surface area (Å²) < 4.78 is 27.7. The predicted molar refractivity (Wildman–Crippen MR) is 134 cm³/mol. The van der Waals surface area contributed by atoms with Gasteiger partial charge in [-0.25, -0.2) is 13.4 Å². The summed E-state index contributed by atoms with van der Waals surface area (Å²) in [5, 5.41) is 4.51. The van der Waals surface area contributed by atoms with Crippen LogP contribution >= 0.6 is 57.7 Å². The second-order valence-electron chi connectivity index (χ2n) is 7.47. The van der Waals surface area contributed by atoms with Crippen LogP contribution in [0.15, 0.2) is 40.6 Å². The smallest absolute Gasteiger partial charge is 0.244 e. The fourth-order valence-electron chi connectivity index (χ4n) is 3.47. The van der Waals surface area contributed by atoms with Gasteiger partial charge in [-0.1, -0.05) is 52.5 Å². The van der Waals surface area contributed by atoms with Gasteiger partial charge in [-0.15, -0.1) is 11.3 Å². The van der Waals surface area contributed by atoms with E-state index in [-0.39, 0.29) is 9.92 Å². The molecule has 170 valence electrons. The van der Waals surface area contributed by atoms with Gasteiger partial charge < -0.3 is 4.90 Å². The lowest BCUT2D eigenvalue weighted by molar-refractivity contribution is 0.384. The van der Waals surface area contributed by atoms with Crippen LogP contribution < -0.4 is 4.90 Å². The molecule has 1 aromatic heterocycles. The van der Waals surface area contributed by atoms with Crippen LogP contribution in [0.5, 0.6) is 0 Å². The first kappa shape index (κ1) is 24.1. The van der Waals surface area contributed by atoms with Gasteiger partial charge in [0.2, 0.25) is 10.0 Å². The number of anilines is 1. The number of sulfonamides is 1. The monoisotopic (exact) mass is 549 g/mol. The Bertz CT molecular complexity index is 1260. The standard InChI is InChI=1S/C21H19Cl4N3O2S2/c1-13-8-20(19(25)11-17(13)23)32(29,30)28-6-4-27(5-7-28)21-26-15(12-31-21)9-14-2-3-16(22)18(24)10-14/h2-3,8,10-12H,4-7,9H2,1H3. The second-order valence-corrected chi connectivity index (χ2v) is 11.8. The molecule has 0 bridgehead atoms.